The Morgan fingerprint density at radius 2 is 2.05 bits per heavy atom. The summed E-state index contributed by atoms with van der Waals surface area (Å²) in [4.78, 5) is 16.3. The van der Waals surface area contributed by atoms with Crippen LogP contribution in [0.3, 0.4) is 0 Å². The van der Waals surface area contributed by atoms with Crippen LogP contribution in [-0.2, 0) is 0 Å². The van der Waals surface area contributed by atoms with Gasteiger partial charge in [-0.15, -0.1) is 0 Å². The number of anilines is 1. The van der Waals surface area contributed by atoms with Gasteiger partial charge in [-0.05, 0) is 38.1 Å². The molecule has 2 aromatic rings. The molecule has 19 heavy (non-hydrogen) atoms. The molecule has 4 heteroatoms. The summed E-state index contributed by atoms with van der Waals surface area (Å²) in [7, 11) is 0. The van der Waals surface area contributed by atoms with Crippen LogP contribution in [0.15, 0.2) is 42.6 Å². The maximum atomic E-state index is 12.2. The van der Waals surface area contributed by atoms with Crippen molar-refractivity contribution in [3.63, 3.8) is 0 Å². The number of hydrogen-bond donors (Lipinski definition) is 1. The zero-order valence-corrected chi connectivity index (χ0v) is 11.0. The van der Waals surface area contributed by atoms with E-state index in [9.17, 15) is 4.79 Å². The van der Waals surface area contributed by atoms with E-state index in [1.54, 1.807) is 18.3 Å². The normalized spacial score (nSPS) is 10.0. The number of nitrogens with one attached hydrogen (secondary N) is 1. The van der Waals surface area contributed by atoms with Crippen molar-refractivity contribution in [2.45, 2.75) is 13.8 Å². The minimum Gasteiger partial charge on any atom is -0.493 e. The molecule has 4 nitrogen and oxygen atoms in total. The van der Waals surface area contributed by atoms with Crippen molar-refractivity contribution >= 4 is 11.6 Å². The molecule has 0 radical (unpaired) electrons. The molecular weight excluding hydrogens is 240 g/mol. The summed E-state index contributed by atoms with van der Waals surface area (Å²) in [6.45, 7) is 4.31. The third-order valence-corrected chi connectivity index (χ3v) is 2.60. The molecule has 1 heterocycles. The van der Waals surface area contributed by atoms with E-state index in [0.717, 1.165) is 5.69 Å². The van der Waals surface area contributed by atoms with E-state index in [4.69, 9.17) is 4.74 Å². The highest BCUT2D eigenvalue weighted by Gasteiger charge is 2.11. The summed E-state index contributed by atoms with van der Waals surface area (Å²) in [5.74, 6) is 0.386. The lowest BCUT2D eigenvalue weighted by Gasteiger charge is -2.10. The second-order valence-electron chi connectivity index (χ2n) is 4.07. The lowest BCUT2D eigenvalue weighted by molar-refractivity contribution is 0.102. The predicted octanol–water partition coefficient (Wildman–Crippen LogP) is 3.04. The van der Waals surface area contributed by atoms with Gasteiger partial charge in [0.15, 0.2) is 0 Å². The van der Waals surface area contributed by atoms with Gasteiger partial charge in [0.2, 0.25) is 0 Å². The molecule has 1 aromatic carbocycles. The summed E-state index contributed by atoms with van der Waals surface area (Å²) in [6.07, 6.45) is 1.64. The molecule has 1 aromatic heterocycles. The fraction of sp³-hybridized carbons (Fsp3) is 0.200. The number of carbonyl (C=O) groups excluding carboxylic acids is 1. The number of aryl methyl sites for hydroxylation is 1. The molecule has 98 valence electrons. The number of nitrogens with zero attached hydrogens (tertiary/aromatic N) is 1. The number of hydrogen-bond acceptors (Lipinski definition) is 3. The number of carbonyl (C=O) groups is 1. The Labute approximate surface area is 112 Å². The molecule has 2 rings (SSSR count). The molecule has 0 unspecified atom stereocenters. The maximum absolute atomic E-state index is 12.2. The van der Waals surface area contributed by atoms with Gasteiger partial charge in [-0.3, -0.25) is 9.78 Å². The van der Waals surface area contributed by atoms with E-state index >= 15 is 0 Å². The SMILES string of the molecule is CCOc1ccccc1C(=O)Nc1ccc(C)nc1. The Kier molecular flexibility index (Phi) is 4.13. The predicted molar refractivity (Wildman–Crippen MR) is 74.5 cm³/mol. The van der Waals surface area contributed by atoms with Crippen molar-refractivity contribution in [1.82, 2.24) is 4.98 Å². The topological polar surface area (TPSA) is 51.2 Å². The van der Waals surface area contributed by atoms with Crippen LogP contribution in [-0.4, -0.2) is 17.5 Å². The second-order valence-corrected chi connectivity index (χ2v) is 4.07. The number of aromatic nitrogens is 1. The van der Waals surface area contributed by atoms with Gasteiger partial charge in [-0.1, -0.05) is 12.1 Å². The highest BCUT2D eigenvalue weighted by Crippen LogP contribution is 2.19. The summed E-state index contributed by atoms with van der Waals surface area (Å²) in [6, 6.07) is 10.8. The van der Waals surface area contributed by atoms with Gasteiger partial charge in [0.1, 0.15) is 5.75 Å². The first-order valence-electron chi connectivity index (χ1n) is 6.16. The number of para-hydroxylation sites is 1. The van der Waals surface area contributed by atoms with Crippen LogP contribution in [0.1, 0.15) is 23.0 Å². The van der Waals surface area contributed by atoms with Crippen molar-refractivity contribution in [2.75, 3.05) is 11.9 Å². The molecular formula is C15H16N2O2. The molecule has 0 aliphatic heterocycles. The maximum Gasteiger partial charge on any atom is 0.259 e. The van der Waals surface area contributed by atoms with Crippen molar-refractivity contribution in [1.29, 1.82) is 0 Å². The molecule has 0 atom stereocenters. The third-order valence-electron chi connectivity index (χ3n) is 2.60. The van der Waals surface area contributed by atoms with Gasteiger partial charge in [-0.25, -0.2) is 0 Å². The number of ether oxygens (including phenoxy) is 1. The summed E-state index contributed by atoms with van der Waals surface area (Å²) >= 11 is 0. The smallest absolute Gasteiger partial charge is 0.259 e. The zero-order valence-electron chi connectivity index (χ0n) is 11.0. The molecule has 0 saturated carbocycles. The van der Waals surface area contributed by atoms with Gasteiger partial charge in [0, 0.05) is 5.69 Å². The largest absolute Gasteiger partial charge is 0.493 e. The highest BCUT2D eigenvalue weighted by molar-refractivity contribution is 6.06. The van der Waals surface area contributed by atoms with Crippen molar-refractivity contribution in [2.24, 2.45) is 0 Å². The Balaban J connectivity index is 2.18. The fourth-order valence-corrected chi connectivity index (χ4v) is 1.68. The molecule has 1 N–H and O–H groups in total. The molecule has 0 bridgehead atoms. The standard InChI is InChI=1S/C15H16N2O2/c1-3-19-14-7-5-4-6-13(14)15(18)17-12-9-8-11(2)16-10-12/h4-10H,3H2,1-2H3,(H,17,18). The summed E-state index contributed by atoms with van der Waals surface area (Å²) < 4.78 is 5.44. The fourth-order valence-electron chi connectivity index (χ4n) is 1.68. The molecule has 0 spiro atoms. The van der Waals surface area contributed by atoms with Gasteiger partial charge < -0.3 is 10.1 Å². The minimum absolute atomic E-state index is 0.199. The Hall–Kier alpha value is -2.36. The monoisotopic (exact) mass is 256 g/mol. The third kappa shape index (κ3) is 3.31. The average Bonchev–Trinajstić information content (AvgIpc) is 2.42. The lowest BCUT2D eigenvalue weighted by Crippen LogP contribution is -2.13. The van der Waals surface area contributed by atoms with Crippen molar-refractivity contribution in [3.8, 4) is 5.75 Å². The first kappa shape index (κ1) is 13.1. The minimum atomic E-state index is -0.199. The van der Waals surface area contributed by atoms with E-state index < -0.39 is 0 Å². The van der Waals surface area contributed by atoms with Crippen molar-refractivity contribution in [3.05, 3.63) is 53.9 Å². The van der Waals surface area contributed by atoms with Crippen LogP contribution in [0.2, 0.25) is 0 Å². The van der Waals surface area contributed by atoms with Crippen LogP contribution in [0.5, 0.6) is 5.75 Å². The molecule has 0 aliphatic carbocycles. The Bertz CT molecular complexity index is 565. The first-order chi connectivity index (χ1) is 9.20. The first-order valence-corrected chi connectivity index (χ1v) is 6.16. The van der Waals surface area contributed by atoms with E-state index in [2.05, 4.69) is 10.3 Å². The van der Waals surface area contributed by atoms with Gasteiger partial charge >= 0.3 is 0 Å². The van der Waals surface area contributed by atoms with E-state index in [1.807, 2.05) is 38.1 Å². The molecule has 0 saturated heterocycles. The highest BCUT2D eigenvalue weighted by atomic mass is 16.5. The van der Waals surface area contributed by atoms with Gasteiger partial charge in [0.05, 0.1) is 24.1 Å². The number of benzene rings is 1. The van der Waals surface area contributed by atoms with E-state index in [1.165, 1.54) is 0 Å². The van der Waals surface area contributed by atoms with Crippen LogP contribution in [0.4, 0.5) is 5.69 Å². The van der Waals surface area contributed by atoms with Gasteiger partial charge in [-0.2, -0.15) is 0 Å². The van der Waals surface area contributed by atoms with Gasteiger partial charge in [0.25, 0.3) is 5.91 Å². The van der Waals surface area contributed by atoms with E-state index in [0.29, 0.717) is 23.6 Å². The Morgan fingerprint density at radius 3 is 2.74 bits per heavy atom. The summed E-state index contributed by atoms with van der Waals surface area (Å²) in [5.41, 5.74) is 2.10. The van der Waals surface area contributed by atoms with Crippen LogP contribution >= 0.6 is 0 Å². The zero-order chi connectivity index (χ0) is 13.7. The molecule has 0 aliphatic rings. The number of amides is 1. The number of rotatable bonds is 4. The van der Waals surface area contributed by atoms with Crippen LogP contribution in [0, 0.1) is 6.92 Å². The lowest BCUT2D eigenvalue weighted by atomic mass is 10.2. The van der Waals surface area contributed by atoms with Crippen LogP contribution in [0.25, 0.3) is 0 Å². The average molecular weight is 256 g/mol. The quantitative estimate of drug-likeness (QED) is 0.914. The molecule has 0 fully saturated rings. The van der Waals surface area contributed by atoms with Crippen LogP contribution < -0.4 is 10.1 Å². The Morgan fingerprint density at radius 1 is 1.26 bits per heavy atom. The second kappa shape index (κ2) is 6.00. The summed E-state index contributed by atoms with van der Waals surface area (Å²) in [5, 5.41) is 2.80. The van der Waals surface area contributed by atoms with Crippen molar-refractivity contribution < 1.29 is 9.53 Å². The molecule has 1 amide bonds. The number of pyridine rings is 1. The van der Waals surface area contributed by atoms with E-state index in [-0.39, 0.29) is 5.91 Å².